The Morgan fingerprint density at radius 1 is 1.33 bits per heavy atom. The molecule has 0 radical (unpaired) electrons. The predicted octanol–water partition coefficient (Wildman–Crippen LogP) is 0.736. The second-order valence-electron chi connectivity index (χ2n) is 4.80. The summed E-state index contributed by atoms with van der Waals surface area (Å²) in [5, 5.41) is 11.6. The van der Waals surface area contributed by atoms with Gasteiger partial charge in [0.05, 0.1) is 0 Å². The van der Waals surface area contributed by atoms with Crippen LogP contribution in [0.25, 0.3) is 0 Å². The molecule has 1 aliphatic rings. The molecule has 116 valence electrons. The summed E-state index contributed by atoms with van der Waals surface area (Å²) < 4.78 is 26.2. The van der Waals surface area contributed by atoms with Crippen molar-refractivity contribution in [2.24, 2.45) is 0 Å². The molecule has 0 atom stereocenters. The highest BCUT2D eigenvalue weighted by Crippen LogP contribution is 2.27. The van der Waals surface area contributed by atoms with Gasteiger partial charge in [0.15, 0.2) is 0 Å². The number of aromatic carboxylic acids is 1. The zero-order valence-electron chi connectivity index (χ0n) is 11.4. The number of hydrogen-bond acceptors (Lipinski definition) is 5. The zero-order valence-corrected chi connectivity index (χ0v) is 13.0. The molecule has 1 aliphatic heterocycles. The summed E-state index contributed by atoms with van der Waals surface area (Å²) in [6.07, 6.45) is 1.10. The van der Waals surface area contributed by atoms with E-state index < -0.39 is 16.0 Å². The first kappa shape index (κ1) is 15.9. The molecule has 0 aliphatic carbocycles. The molecule has 0 saturated carbocycles. The van der Waals surface area contributed by atoms with Gasteiger partial charge in [-0.25, -0.2) is 13.2 Å². The smallest absolute Gasteiger partial charge is 0.345 e. The summed E-state index contributed by atoms with van der Waals surface area (Å²) in [5.74, 6) is -1.26. The van der Waals surface area contributed by atoms with E-state index in [1.54, 1.807) is 0 Å². The molecule has 0 spiro atoms. The number of carbonyl (C=O) groups excluding carboxylic acids is 1. The normalized spacial score (nSPS) is 17.6. The molecule has 7 nitrogen and oxygen atoms in total. The Morgan fingerprint density at radius 3 is 2.43 bits per heavy atom. The number of nitrogens with one attached hydrogen (secondary N) is 1. The second kappa shape index (κ2) is 6.12. The van der Waals surface area contributed by atoms with E-state index in [0.29, 0.717) is 25.9 Å². The Kier molecular flexibility index (Phi) is 4.64. The average Bonchev–Trinajstić information content (AvgIpc) is 2.89. The van der Waals surface area contributed by atoms with Crippen LogP contribution >= 0.6 is 11.3 Å². The minimum atomic E-state index is -3.65. The molecule has 0 aromatic carbocycles. The van der Waals surface area contributed by atoms with Crippen molar-refractivity contribution in [3.05, 3.63) is 17.0 Å². The van der Waals surface area contributed by atoms with Crippen molar-refractivity contribution in [3.8, 4) is 0 Å². The number of piperidine rings is 1. The van der Waals surface area contributed by atoms with E-state index in [1.165, 1.54) is 23.4 Å². The largest absolute Gasteiger partial charge is 0.477 e. The van der Waals surface area contributed by atoms with Crippen molar-refractivity contribution in [2.75, 3.05) is 13.1 Å². The minimum Gasteiger partial charge on any atom is -0.477 e. The van der Waals surface area contributed by atoms with Gasteiger partial charge in [-0.15, -0.1) is 11.3 Å². The third-order valence-corrected chi connectivity index (χ3v) is 6.69. The molecule has 0 bridgehead atoms. The summed E-state index contributed by atoms with van der Waals surface area (Å²) in [7, 11) is -3.65. The maximum absolute atomic E-state index is 12.4. The lowest BCUT2D eigenvalue weighted by Gasteiger charge is -2.30. The summed E-state index contributed by atoms with van der Waals surface area (Å²) in [5.41, 5.74) is 0. The van der Waals surface area contributed by atoms with Crippen LogP contribution in [0.2, 0.25) is 0 Å². The van der Waals surface area contributed by atoms with Gasteiger partial charge in [0.1, 0.15) is 9.09 Å². The fourth-order valence-electron chi connectivity index (χ4n) is 2.23. The Labute approximate surface area is 126 Å². The number of sulfonamides is 1. The highest BCUT2D eigenvalue weighted by atomic mass is 32.2. The van der Waals surface area contributed by atoms with Gasteiger partial charge in [-0.2, -0.15) is 4.31 Å². The fourth-order valence-corrected chi connectivity index (χ4v) is 5.00. The van der Waals surface area contributed by atoms with E-state index in [-0.39, 0.29) is 21.0 Å². The Hall–Kier alpha value is -1.45. The lowest BCUT2D eigenvalue weighted by atomic mass is 10.1. The maximum atomic E-state index is 12.4. The summed E-state index contributed by atoms with van der Waals surface area (Å²) in [6.45, 7) is 2.06. The fraction of sp³-hybridized carbons (Fsp3) is 0.500. The van der Waals surface area contributed by atoms with Crippen molar-refractivity contribution in [2.45, 2.75) is 30.0 Å². The average molecular weight is 332 g/mol. The Bertz CT molecular complexity index is 644. The Morgan fingerprint density at radius 2 is 1.95 bits per heavy atom. The molecule has 2 heterocycles. The third-order valence-electron chi connectivity index (χ3n) is 3.25. The number of nitrogens with zero attached hydrogens (tertiary/aromatic N) is 1. The number of carbonyl (C=O) groups is 2. The molecule has 1 aromatic heterocycles. The van der Waals surface area contributed by atoms with Crippen LogP contribution in [-0.2, 0) is 14.8 Å². The monoisotopic (exact) mass is 332 g/mol. The summed E-state index contributed by atoms with van der Waals surface area (Å²) >= 11 is 0.754. The molecule has 1 amide bonds. The van der Waals surface area contributed by atoms with E-state index in [9.17, 15) is 18.0 Å². The number of hydrogen-bond donors (Lipinski definition) is 2. The van der Waals surface area contributed by atoms with Crippen LogP contribution in [0.1, 0.15) is 29.4 Å². The van der Waals surface area contributed by atoms with Crippen molar-refractivity contribution in [1.29, 1.82) is 0 Å². The second-order valence-corrected chi connectivity index (χ2v) is 8.05. The van der Waals surface area contributed by atoms with Gasteiger partial charge in [-0.3, -0.25) is 4.79 Å². The standard InChI is InChI=1S/C12H16N2O5S2/c1-8(15)13-9-4-6-14(7-5-9)21(18,19)11-3-2-10(20-11)12(16)17/h2-3,9H,4-7H2,1H3,(H,13,15)(H,16,17). The van der Waals surface area contributed by atoms with Gasteiger partial charge < -0.3 is 10.4 Å². The predicted molar refractivity (Wildman–Crippen MR) is 76.9 cm³/mol. The van der Waals surface area contributed by atoms with E-state index >= 15 is 0 Å². The van der Waals surface area contributed by atoms with Crippen LogP contribution in [0.3, 0.4) is 0 Å². The van der Waals surface area contributed by atoms with Gasteiger partial charge in [-0.05, 0) is 25.0 Å². The molecular weight excluding hydrogens is 316 g/mol. The van der Waals surface area contributed by atoms with E-state index in [1.807, 2.05) is 0 Å². The van der Waals surface area contributed by atoms with Crippen molar-refractivity contribution >= 4 is 33.2 Å². The van der Waals surface area contributed by atoms with E-state index in [4.69, 9.17) is 5.11 Å². The van der Waals surface area contributed by atoms with Gasteiger partial charge in [0.25, 0.3) is 10.0 Å². The lowest BCUT2D eigenvalue weighted by Crippen LogP contribution is -2.45. The quantitative estimate of drug-likeness (QED) is 0.846. The first-order valence-corrected chi connectivity index (χ1v) is 8.67. The summed E-state index contributed by atoms with van der Waals surface area (Å²) in [6, 6.07) is 2.61. The Balaban J connectivity index is 2.07. The number of amides is 1. The molecule has 9 heteroatoms. The molecule has 21 heavy (non-hydrogen) atoms. The number of carboxylic acid groups (broad SMARTS) is 1. The molecule has 2 N–H and O–H groups in total. The van der Waals surface area contributed by atoms with Gasteiger partial charge >= 0.3 is 5.97 Å². The van der Waals surface area contributed by atoms with Gasteiger partial charge in [0.2, 0.25) is 5.91 Å². The molecule has 1 saturated heterocycles. The molecule has 1 aromatic rings. The minimum absolute atomic E-state index is 0.00158. The molecule has 1 fully saturated rings. The molecule has 2 rings (SSSR count). The number of rotatable bonds is 4. The van der Waals surface area contributed by atoms with Crippen molar-refractivity contribution in [3.63, 3.8) is 0 Å². The molecule has 0 unspecified atom stereocenters. The number of carboxylic acids is 1. The van der Waals surface area contributed by atoms with Gasteiger partial charge in [0, 0.05) is 26.1 Å². The van der Waals surface area contributed by atoms with Crippen LogP contribution in [0.5, 0.6) is 0 Å². The summed E-state index contributed by atoms with van der Waals surface area (Å²) in [4.78, 5) is 21.8. The lowest BCUT2D eigenvalue weighted by molar-refractivity contribution is -0.119. The number of thiophene rings is 1. The zero-order chi connectivity index (χ0) is 15.6. The molecular formula is C12H16N2O5S2. The van der Waals surface area contributed by atoms with E-state index in [2.05, 4.69) is 5.32 Å². The van der Waals surface area contributed by atoms with Crippen molar-refractivity contribution < 1.29 is 23.1 Å². The first-order valence-electron chi connectivity index (χ1n) is 6.41. The maximum Gasteiger partial charge on any atom is 0.345 e. The van der Waals surface area contributed by atoms with Crippen LogP contribution in [-0.4, -0.2) is 48.8 Å². The van der Waals surface area contributed by atoms with Gasteiger partial charge in [-0.1, -0.05) is 0 Å². The van der Waals surface area contributed by atoms with Crippen LogP contribution in [0, 0.1) is 0 Å². The van der Waals surface area contributed by atoms with E-state index in [0.717, 1.165) is 11.3 Å². The topological polar surface area (TPSA) is 104 Å². The highest BCUT2D eigenvalue weighted by molar-refractivity contribution is 7.91. The highest BCUT2D eigenvalue weighted by Gasteiger charge is 2.31. The van der Waals surface area contributed by atoms with Crippen LogP contribution in [0.4, 0.5) is 0 Å². The first-order chi connectivity index (χ1) is 9.80. The van der Waals surface area contributed by atoms with Crippen molar-refractivity contribution in [1.82, 2.24) is 9.62 Å². The SMILES string of the molecule is CC(=O)NC1CCN(S(=O)(=O)c2ccc(C(=O)O)s2)CC1. The van der Waals surface area contributed by atoms with Crippen LogP contribution in [0.15, 0.2) is 16.3 Å². The third kappa shape index (κ3) is 3.60. The van der Waals surface area contributed by atoms with Crippen LogP contribution < -0.4 is 5.32 Å².